The minimum absolute atomic E-state index is 0.116. The molecule has 0 aromatic rings. The minimum atomic E-state index is -1.37. The second-order valence-corrected chi connectivity index (χ2v) is 5.19. The van der Waals surface area contributed by atoms with Gasteiger partial charge in [-0.15, -0.1) is 0 Å². The summed E-state index contributed by atoms with van der Waals surface area (Å²) in [5.41, 5.74) is -0.512. The lowest BCUT2D eigenvalue weighted by atomic mass is 9.81. The van der Waals surface area contributed by atoms with E-state index >= 15 is 0 Å². The third-order valence-corrected chi connectivity index (χ3v) is 2.49. The molecule has 0 aromatic heterocycles. The maximum absolute atomic E-state index is 11.8. The van der Waals surface area contributed by atoms with Crippen molar-refractivity contribution in [1.29, 1.82) is 0 Å². The van der Waals surface area contributed by atoms with Gasteiger partial charge in [0.2, 0.25) is 0 Å². The van der Waals surface area contributed by atoms with Gasteiger partial charge in [-0.1, -0.05) is 0 Å². The topological polar surface area (TPSA) is 70.0 Å². The highest BCUT2D eigenvalue weighted by Gasteiger charge is 2.34. The van der Waals surface area contributed by atoms with Crippen LogP contribution in [0.4, 0.5) is 4.79 Å². The summed E-state index contributed by atoms with van der Waals surface area (Å²) in [7, 11) is -1.37. The number of rotatable bonds is 2. The normalized spacial score (nSPS) is 21.1. The SMILES string of the molecule is CC(C)(C)OC(=O)N1CCC[C@@H]1CB(O)O. The van der Waals surface area contributed by atoms with Gasteiger partial charge >= 0.3 is 13.2 Å². The van der Waals surface area contributed by atoms with E-state index in [1.165, 1.54) is 0 Å². The molecule has 92 valence electrons. The molecule has 0 unspecified atom stereocenters. The van der Waals surface area contributed by atoms with Crippen LogP contribution in [-0.4, -0.2) is 46.3 Å². The molecule has 5 nitrogen and oxygen atoms in total. The van der Waals surface area contributed by atoms with Gasteiger partial charge in [0.15, 0.2) is 0 Å². The maximum atomic E-state index is 11.8. The molecule has 1 amide bonds. The predicted molar refractivity (Wildman–Crippen MR) is 61.0 cm³/mol. The number of carbonyl (C=O) groups is 1. The fourth-order valence-corrected chi connectivity index (χ4v) is 1.89. The van der Waals surface area contributed by atoms with E-state index in [0.29, 0.717) is 6.54 Å². The van der Waals surface area contributed by atoms with Gasteiger partial charge in [0.05, 0.1) is 0 Å². The fraction of sp³-hybridized carbons (Fsp3) is 0.900. The van der Waals surface area contributed by atoms with Gasteiger partial charge < -0.3 is 19.7 Å². The molecule has 1 saturated heterocycles. The summed E-state index contributed by atoms with van der Waals surface area (Å²) in [6, 6.07) is -0.116. The van der Waals surface area contributed by atoms with Crippen molar-refractivity contribution in [2.45, 2.75) is 51.6 Å². The molecule has 1 rings (SSSR count). The summed E-state index contributed by atoms with van der Waals surface area (Å²) >= 11 is 0. The number of nitrogens with zero attached hydrogens (tertiary/aromatic N) is 1. The lowest BCUT2D eigenvalue weighted by molar-refractivity contribution is 0.0236. The van der Waals surface area contributed by atoms with E-state index in [-0.39, 0.29) is 18.5 Å². The number of ether oxygens (including phenoxy) is 1. The van der Waals surface area contributed by atoms with Gasteiger partial charge in [0.25, 0.3) is 0 Å². The highest BCUT2D eigenvalue weighted by Crippen LogP contribution is 2.23. The van der Waals surface area contributed by atoms with Crippen molar-refractivity contribution in [3.8, 4) is 0 Å². The first-order chi connectivity index (χ1) is 7.29. The summed E-state index contributed by atoms with van der Waals surface area (Å²) in [5.74, 6) is 0. The van der Waals surface area contributed by atoms with Crippen LogP contribution in [0.1, 0.15) is 33.6 Å². The highest BCUT2D eigenvalue weighted by molar-refractivity contribution is 6.41. The Bertz CT molecular complexity index is 252. The van der Waals surface area contributed by atoms with Crippen LogP contribution in [0.25, 0.3) is 0 Å². The molecule has 0 spiro atoms. The van der Waals surface area contributed by atoms with Gasteiger partial charge in [-0.3, -0.25) is 0 Å². The van der Waals surface area contributed by atoms with Crippen molar-refractivity contribution in [2.24, 2.45) is 0 Å². The van der Waals surface area contributed by atoms with Crippen LogP contribution in [-0.2, 0) is 4.74 Å². The standard InChI is InChI=1S/C10H20BNO4/c1-10(2,3)16-9(13)12-6-4-5-8(12)7-11(14)15/h8,14-15H,4-7H2,1-3H3/t8-/m1/s1. The molecule has 1 aliphatic rings. The Morgan fingerprint density at radius 3 is 2.62 bits per heavy atom. The Labute approximate surface area is 96.5 Å². The Morgan fingerprint density at radius 2 is 2.12 bits per heavy atom. The highest BCUT2D eigenvalue weighted by atomic mass is 16.6. The zero-order valence-electron chi connectivity index (χ0n) is 10.1. The molecule has 0 saturated carbocycles. The van der Waals surface area contributed by atoms with Crippen LogP contribution in [0.3, 0.4) is 0 Å². The molecule has 1 aliphatic heterocycles. The molecule has 0 bridgehead atoms. The van der Waals surface area contributed by atoms with Crippen LogP contribution in [0, 0.1) is 0 Å². The van der Waals surface area contributed by atoms with Crippen molar-refractivity contribution in [1.82, 2.24) is 4.90 Å². The first-order valence-electron chi connectivity index (χ1n) is 5.65. The quantitative estimate of drug-likeness (QED) is 0.689. The molecule has 1 atom stereocenters. The number of hydrogen-bond acceptors (Lipinski definition) is 4. The summed E-state index contributed by atoms with van der Waals surface area (Å²) in [6.45, 7) is 6.08. The second kappa shape index (κ2) is 5.06. The smallest absolute Gasteiger partial charge is 0.444 e. The molecule has 2 N–H and O–H groups in total. The molecule has 1 fully saturated rings. The van der Waals surface area contributed by atoms with E-state index in [2.05, 4.69) is 0 Å². The van der Waals surface area contributed by atoms with E-state index in [4.69, 9.17) is 14.8 Å². The average molecular weight is 229 g/mol. The average Bonchev–Trinajstić information content (AvgIpc) is 2.47. The second-order valence-electron chi connectivity index (χ2n) is 5.19. The van der Waals surface area contributed by atoms with E-state index in [1.54, 1.807) is 4.90 Å². The lowest BCUT2D eigenvalue weighted by Crippen LogP contribution is -2.41. The fourth-order valence-electron chi connectivity index (χ4n) is 1.89. The lowest BCUT2D eigenvalue weighted by Gasteiger charge is -2.28. The minimum Gasteiger partial charge on any atom is -0.444 e. The van der Waals surface area contributed by atoms with Crippen molar-refractivity contribution in [3.63, 3.8) is 0 Å². The zero-order chi connectivity index (χ0) is 12.3. The van der Waals surface area contributed by atoms with Crippen LogP contribution in [0.2, 0.25) is 6.32 Å². The van der Waals surface area contributed by atoms with Gasteiger partial charge in [-0.05, 0) is 33.6 Å². The molecule has 0 radical (unpaired) electrons. The monoisotopic (exact) mass is 229 g/mol. The summed E-state index contributed by atoms with van der Waals surface area (Å²) in [4.78, 5) is 13.4. The zero-order valence-corrected chi connectivity index (χ0v) is 10.1. The molecular formula is C10H20BNO4. The van der Waals surface area contributed by atoms with Gasteiger partial charge in [-0.25, -0.2) is 4.79 Å². The van der Waals surface area contributed by atoms with Crippen LogP contribution >= 0.6 is 0 Å². The number of likely N-dealkylation sites (tertiary alicyclic amines) is 1. The van der Waals surface area contributed by atoms with Crippen LogP contribution in [0.5, 0.6) is 0 Å². The van der Waals surface area contributed by atoms with Crippen LogP contribution < -0.4 is 0 Å². The molecule has 6 heteroatoms. The summed E-state index contributed by atoms with van der Waals surface area (Å²) in [6.07, 6.45) is 1.52. The first kappa shape index (κ1) is 13.3. The van der Waals surface area contributed by atoms with Crippen molar-refractivity contribution >= 4 is 13.2 Å². The van der Waals surface area contributed by atoms with Gasteiger partial charge in [-0.2, -0.15) is 0 Å². The molecule has 0 aliphatic carbocycles. The van der Waals surface area contributed by atoms with E-state index in [1.807, 2.05) is 20.8 Å². The van der Waals surface area contributed by atoms with Crippen molar-refractivity contribution in [3.05, 3.63) is 0 Å². The van der Waals surface area contributed by atoms with E-state index in [0.717, 1.165) is 12.8 Å². The van der Waals surface area contributed by atoms with Crippen molar-refractivity contribution < 1.29 is 19.6 Å². The van der Waals surface area contributed by atoms with Crippen molar-refractivity contribution in [2.75, 3.05) is 6.54 Å². The number of hydrogen-bond donors (Lipinski definition) is 2. The molecule has 0 aromatic carbocycles. The Kier molecular flexibility index (Phi) is 4.21. The van der Waals surface area contributed by atoms with E-state index in [9.17, 15) is 4.79 Å². The number of carbonyl (C=O) groups excluding carboxylic acids is 1. The molecule has 1 heterocycles. The Morgan fingerprint density at radius 1 is 1.50 bits per heavy atom. The summed E-state index contributed by atoms with van der Waals surface area (Å²) in [5, 5.41) is 17.8. The van der Waals surface area contributed by atoms with Crippen LogP contribution in [0.15, 0.2) is 0 Å². The van der Waals surface area contributed by atoms with E-state index < -0.39 is 12.7 Å². The predicted octanol–water partition coefficient (Wildman–Crippen LogP) is 0.859. The maximum Gasteiger partial charge on any atom is 0.453 e. The Balaban J connectivity index is 2.54. The number of amides is 1. The van der Waals surface area contributed by atoms with Gasteiger partial charge in [0.1, 0.15) is 5.60 Å². The van der Waals surface area contributed by atoms with Gasteiger partial charge in [0, 0.05) is 18.9 Å². The Hall–Kier alpha value is -0.745. The summed E-state index contributed by atoms with van der Waals surface area (Å²) < 4.78 is 5.26. The third-order valence-electron chi connectivity index (χ3n) is 2.49. The third kappa shape index (κ3) is 4.02. The first-order valence-corrected chi connectivity index (χ1v) is 5.65. The molecule has 16 heavy (non-hydrogen) atoms. The largest absolute Gasteiger partial charge is 0.453 e. The molecular weight excluding hydrogens is 209 g/mol.